The molecule has 160 valence electrons. The Hall–Kier alpha value is -2.75. The van der Waals surface area contributed by atoms with Gasteiger partial charge in [-0.2, -0.15) is 4.98 Å². The van der Waals surface area contributed by atoms with E-state index in [-0.39, 0.29) is 12.5 Å². The fourth-order valence-electron chi connectivity index (χ4n) is 3.58. The minimum Gasteiger partial charge on any atom is -0.454 e. The molecule has 2 aliphatic heterocycles. The van der Waals surface area contributed by atoms with Crippen LogP contribution >= 0.6 is 11.8 Å². The van der Waals surface area contributed by atoms with Crippen molar-refractivity contribution >= 4 is 17.7 Å². The van der Waals surface area contributed by atoms with Crippen LogP contribution in [0.3, 0.4) is 0 Å². The molecule has 1 unspecified atom stereocenters. The number of aromatic nitrogens is 3. The van der Waals surface area contributed by atoms with Gasteiger partial charge in [-0.25, -0.2) is 4.68 Å². The van der Waals surface area contributed by atoms with Gasteiger partial charge in [-0.15, -0.1) is 5.10 Å². The molecule has 0 bridgehead atoms. The normalized spacial score (nSPS) is 16.7. The van der Waals surface area contributed by atoms with Gasteiger partial charge in [-0.05, 0) is 24.1 Å². The molecular weight excluding hydrogens is 406 g/mol. The third-order valence-corrected chi connectivity index (χ3v) is 6.06. The van der Waals surface area contributed by atoms with Crippen LogP contribution in [0, 0.1) is 10.1 Å². The van der Waals surface area contributed by atoms with Gasteiger partial charge in [0.1, 0.15) is 0 Å². The van der Waals surface area contributed by atoms with Gasteiger partial charge in [0.05, 0.1) is 11.1 Å². The Bertz CT molecular complexity index is 945. The highest BCUT2D eigenvalue weighted by molar-refractivity contribution is 7.99. The Kier molecular flexibility index (Phi) is 6.41. The van der Waals surface area contributed by atoms with E-state index in [1.165, 1.54) is 38.3 Å². The van der Waals surface area contributed by atoms with E-state index >= 15 is 0 Å². The number of nitrogens with zero attached hydrogens (tertiary/aromatic N) is 4. The minimum atomic E-state index is -0.693. The summed E-state index contributed by atoms with van der Waals surface area (Å²) < 4.78 is 12.4. The highest BCUT2D eigenvalue weighted by Crippen LogP contribution is 2.39. The average molecular weight is 432 g/mol. The zero-order valence-corrected chi connectivity index (χ0v) is 17.7. The van der Waals surface area contributed by atoms with E-state index in [9.17, 15) is 10.1 Å². The summed E-state index contributed by atoms with van der Waals surface area (Å²) in [5.41, 5.74) is 0.695. The number of unbranched alkanes of at least 4 members (excludes halogenated alkanes) is 5. The first kappa shape index (κ1) is 20.5. The van der Waals surface area contributed by atoms with Crippen molar-refractivity contribution in [3.63, 3.8) is 0 Å². The van der Waals surface area contributed by atoms with Gasteiger partial charge < -0.3 is 14.8 Å². The first-order chi connectivity index (χ1) is 14.7. The number of nitrogens with one attached hydrogen (secondary N) is 1. The van der Waals surface area contributed by atoms with Crippen molar-refractivity contribution < 1.29 is 14.4 Å². The third kappa shape index (κ3) is 4.38. The summed E-state index contributed by atoms with van der Waals surface area (Å²) >= 11 is 1.58. The largest absolute Gasteiger partial charge is 0.454 e. The lowest BCUT2D eigenvalue weighted by molar-refractivity contribution is -0.431. The van der Waals surface area contributed by atoms with E-state index in [0.717, 1.165) is 12.2 Å². The third-order valence-electron chi connectivity index (χ3n) is 5.14. The van der Waals surface area contributed by atoms with Crippen molar-refractivity contribution in [2.45, 2.75) is 56.6 Å². The molecular formula is C20H25N5O4S. The summed E-state index contributed by atoms with van der Waals surface area (Å²) in [6.45, 7) is 2.36. The second-order valence-electron chi connectivity index (χ2n) is 7.26. The molecule has 0 radical (unpaired) electrons. The summed E-state index contributed by atoms with van der Waals surface area (Å²) in [7, 11) is 0. The maximum Gasteiger partial charge on any atom is 0.291 e. The molecule has 1 N–H and O–H groups in total. The van der Waals surface area contributed by atoms with Gasteiger partial charge in [0.15, 0.2) is 17.5 Å². The number of rotatable bonds is 10. The second kappa shape index (κ2) is 9.38. The lowest BCUT2D eigenvalue weighted by atomic mass is 10.0. The number of benzene rings is 1. The Labute approximate surface area is 179 Å². The Morgan fingerprint density at radius 3 is 2.87 bits per heavy atom. The Balaban J connectivity index is 1.49. The van der Waals surface area contributed by atoms with Crippen LogP contribution in [0.2, 0.25) is 0 Å². The maximum atomic E-state index is 11.7. The van der Waals surface area contributed by atoms with Crippen LogP contribution in [0.15, 0.2) is 35.3 Å². The molecule has 3 heterocycles. The second-order valence-corrected chi connectivity index (χ2v) is 8.33. The number of ether oxygens (including phenoxy) is 2. The molecule has 0 aliphatic carbocycles. The van der Waals surface area contributed by atoms with Gasteiger partial charge in [0.2, 0.25) is 17.9 Å². The van der Waals surface area contributed by atoms with Gasteiger partial charge in [-0.1, -0.05) is 56.9 Å². The average Bonchev–Trinajstić information content (AvgIpc) is 3.38. The van der Waals surface area contributed by atoms with E-state index in [1.807, 2.05) is 0 Å². The van der Waals surface area contributed by atoms with Crippen LogP contribution < -0.4 is 14.8 Å². The molecule has 2 aromatic rings. The first-order valence-electron chi connectivity index (χ1n) is 10.3. The van der Waals surface area contributed by atoms with E-state index in [2.05, 4.69) is 22.3 Å². The van der Waals surface area contributed by atoms with Crippen molar-refractivity contribution in [1.29, 1.82) is 0 Å². The van der Waals surface area contributed by atoms with Gasteiger partial charge in [0.25, 0.3) is 5.70 Å². The summed E-state index contributed by atoms with van der Waals surface area (Å²) in [6.07, 6.45) is 8.78. The van der Waals surface area contributed by atoms with Crippen molar-refractivity contribution in [2.24, 2.45) is 0 Å². The molecule has 9 nitrogen and oxygen atoms in total. The summed E-state index contributed by atoms with van der Waals surface area (Å²) in [5, 5.41) is 19.8. The monoisotopic (exact) mass is 431 g/mol. The van der Waals surface area contributed by atoms with E-state index < -0.39 is 11.0 Å². The van der Waals surface area contributed by atoms with Crippen LogP contribution in [0.5, 0.6) is 11.5 Å². The molecule has 4 rings (SSSR count). The highest BCUT2D eigenvalue weighted by Gasteiger charge is 2.36. The van der Waals surface area contributed by atoms with Gasteiger partial charge >= 0.3 is 0 Å². The van der Waals surface area contributed by atoms with Crippen LogP contribution in [-0.4, -0.2) is 32.2 Å². The summed E-state index contributed by atoms with van der Waals surface area (Å²) in [6, 6.07) is 4.64. The van der Waals surface area contributed by atoms with Crippen molar-refractivity contribution in [2.75, 3.05) is 17.9 Å². The van der Waals surface area contributed by atoms with Crippen molar-refractivity contribution in [1.82, 2.24) is 14.8 Å². The topological polar surface area (TPSA) is 104 Å². The molecule has 1 aromatic carbocycles. The predicted octanol–water partition coefficient (Wildman–Crippen LogP) is 4.59. The smallest absolute Gasteiger partial charge is 0.291 e. The predicted molar refractivity (Wildman–Crippen MR) is 114 cm³/mol. The lowest BCUT2D eigenvalue weighted by Gasteiger charge is -2.20. The number of nitro groups is 1. The SMILES string of the molecule is CCCCCCCCSc1nc2n(n1)C(c1ccc3c(c1)OCO3)C([N+](=O)[O-])=CN2. The zero-order valence-electron chi connectivity index (χ0n) is 16.9. The number of fused-ring (bicyclic) bond motifs is 2. The molecule has 0 saturated heterocycles. The quantitative estimate of drug-likeness (QED) is 0.252. The fourth-order valence-corrected chi connectivity index (χ4v) is 4.41. The fraction of sp³-hybridized carbons (Fsp3) is 0.500. The molecule has 0 saturated carbocycles. The molecule has 0 spiro atoms. The van der Waals surface area contributed by atoms with E-state index in [4.69, 9.17) is 9.47 Å². The molecule has 0 amide bonds. The minimum absolute atomic E-state index is 0.00117. The zero-order chi connectivity index (χ0) is 20.9. The van der Waals surface area contributed by atoms with Crippen LogP contribution in [-0.2, 0) is 0 Å². The Morgan fingerprint density at radius 2 is 2.03 bits per heavy atom. The molecule has 10 heteroatoms. The summed E-state index contributed by atoms with van der Waals surface area (Å²) in [5.74, 6) is 2.63. The van der Waals surface area contributed by atoms with Gasteiger partial charge in [-0.3, -0.25) is 10.1 Å². The van der Waals surface area contributed by atoms with Crippen molar-refractivity contribution in [3.05, 3.63) is 45.8 Å². The summed E-state index contributed by atoms with van der Waals surface area (Å²) in [4.78, 5) is 15.8. The van der Waals surface area contributed by atoms with Crippen molar-refractivity contribution in [3.8, 4) is 11.5 Å². The molecule has 0 fully saturated rings. The number of thioether (sulfide) groups is 1. The number of hydrogen-bond acceptors (Lipinski definition) is 8. The molecule has 2 aliphatic rings. The lowest BCUT2D eigenvalue weighted by Crippen LogP contribution is -2.25. The van der Waals surface area contributed by atoms with Crippen LogP contribution in [0.4, 0.5) is 5.95 Å². The highest BCUT2D eigenvalue weighted by atomic mass is 32.2. The molecule has 1 atom stereocenters. The van der Waals surface area contributed by atoms with Crippen LogP contribution in [0.1, 0.15) is 57.1 Å². The standard InChI is InChI=1S/C20H25N5O4S/c1-2-3-4-5-6-7-10-30-20-22-19-21-12-15(25(26)27)18(24(19)23-20)14-8-9-16-17(11-14)29-13-28-16/h8-9,11-12,18H,2-7,10,13H2,1H3,(H,21,22,23). The van der Waals surface area contributed by atoms with Crippen LogP contribution in [0.25, 0.3) is 0 Å². The Morgan fingerprint density at radius 1 is 1.23 bits per heavy atom. The number of hydrogen-bond donors (Lipinski definition) is 1. The number of anilines is 1. The maximum absolute atomic E-state index is 11.7. The molecule has 1 aromatic heterocycles. The molecule has 30 heavy (non-hydrogen) atoms. The number of allylic oxidation sites excluding steroid dienone is 1. The van der Waals surface area contributed by atoms with E-state index in [0.29, 0.717) is 28.2 Å². The first-order valence-corrected chi connectivity index (χ1v) is 11.3. The van der Waals surface area contributed by atoms with Gasteiger partial charge in [0, 0.05) is 5.75 Å². The van der Waals surface area contributed by atoms with E-state index in [1.54, 1.807) is 34.6 Å².